The molecule has 2 aromatic carbocycles. The number of aliphatic hydroxyl groups is 1. The van der Waals surface area contributed by atoms with Crippen molar-refractivity contribution in [2.45, 2.75) is 19.9 Å². The molecule has 1 aliphatic heterocycles. The average Bonchev–Trinajstić information content (AvgIpc) is 2.63. The number of benzene rings is 2. The molecule has 0 spiro atoms. The van der Waals surface area contributed by atoms with Crippen LogP contribution in [0.4, 0.5) is 14.5 Å². The highest BCUT2D eigenvalue weighted by Gasteiger charge is 2.24. The van der Waals surface area contributed by atoms with Crippen LogP contribution in [0.25, 0.3) is 5.76 Å². The number of amides is 1. The van der Waals surface area contributed by atoms with Gasteiger partial charge < -0.3 is 10.0 Å². The third-order valence-corrected chi connectivity index (χ3v) is 3.87. The number of hydrogen-bond donors (Lipinski definition) is 1. The Hall–Kier alpha value is -2.69. The van der Waals surface area contributed by atoms with Crippen molar-refractivity contribution < 1.29 is 18.7 Å². The number of aliphatic hydroxyl groups excluding tert-OH is 1. The van der Waals surface area contributed by atoms with E-state index < -0.39 is 5.82 Å². The summed E-state index contributed by atoms with van der Waals surface area (Å²) < 4.78 is 27.2. The van der Waals surface area contributed by atoms with Crippen LogP contribution in [0.3, 0.4) is 0 Å². The third kappa shape index (κ3) is 2.95. The molecule has 0 saturated carbocycles. The first kappa shape index (κ1) is 15.2. The molecular formula is C18H15F2NO2. The quantitative estimate of drug-likeness (QED) is 0.906. The van der Waals surface area contributed by atoms with Gasteiger partial charge in [0.2, 0.25) is 5.91 Å². The number of carbonyl (C=O) groups is 1. The second-order valence-electron chi connectivity index (χ2n) is 5.52. The Balaban J connectivity index is 2.03. The van der Waals surface area contributed by atoms with Gasteiger partial charge in [0.25, 0.3) is 0 Å². The maximum Gasteiger partial charge on any atom is 0.231 e. The summed E-state index contributed by atoms with van der Waals surface area (Å²) in [7, 11) is 0. The standard InChI is InChI=1S/C18H15F2NO2/c1-11-2-3-12(8-15(11)20)10-21-16-5-4-13(19)9-14(16)17(22)6-7-18(21)23/h2-6,8-9,22H,7,10H2,1H3. The molecule has 1 N–H and O–H groups in total. The summed E-state index contributed by atoms with van der Waals surface area (Å²) in [5.41, 5.74) is 1.81. The maximum absolute atomic E-state index is 13.7. The van der Waals surface area contributed by atoms with Crippen LogP contribution >= 0.6 is 0 Å². The van der Waals surface area contributed by atoms with E-state index in [1.807, 2.05) is 0 Å². The van der Waals surface area contributed by atoms with Gasteiger partial charge >= 0.3 is 0 Å². The van der Waals surface area contributed by atoms with Crippen LogP contribution in [0.5, 0.6) is 0 Å². The van der Waals surface area contributed by atoms with Gasteiger partial charge in [0.05, 0.1) is 12.2 Å². The Morgan fingerprint density at radius 2 is 1.96 bits per heavy atom. The number of hydrogen-bond acceptors (Lipinski definition) is 2. The molecule has 3 rings (SSSR count). The zero-order valence-electron chi connectivity index (χ0n) is 12.5. The van der Waals surface area contributed by atoms with Crippen molar-refractivity contribution in [1.29, 1.82) is 0 Å². The molecule has 0 aliphatic carbocycles. The van der Waals surface area contributed by atoms with Crippen molar-refractivity contribution in [2.24, 2.45) is 0 Å². The largest absolute Gasteiger partial charge is 0.508 e. The fraction of sp³-hybridized carbons (Fsp3) is 0.167. The van der Waals surface area contributed by atoms with E-state index in [1.165, 1.54) is 35.2 Å². The van der Waals surface area contributed by atoms with Crippen LogP contribution in [-0.4, -0.2) is 11.0 Å². The smallest absolute Gasteiger partial charge is 0.231 e. The number of carbonyl (C=O) groups excluding carboxylic acids is 1. The lowest BCUT2D eigenvalue weighted by Gasteiger charge is -2.23. The highest BCUT2D eigenvalue weighted by molar-refractivity contribution is 5.99. The SMILES string of the molecule is Cc1ccc(CN2C(=O)CC=C(O)c3cc(F)ccc32)cc1F. The average molecular weight is 315 g/mol. The summed E-state index contributed by atoms with van der Waals surface area (Å²) in [6, 6.07) is 8.63. The zero-order chi connectivity index (χ0) is 16.6. The van der Waals surface area contributed by atoms with E-state index in [9.17, 15) is 18.7 Å². The number of fused-ring (bicyclic) bond motifs is 1. The number of nitrogens with zero attached hydrogens (tertiary/aromatic N) is 1. The van der Waals surface area contributed by atoms with Crippen LogP contribution in [0.2, 0.25) is 0 Å². The Kier molecular flexibility index (Phi) is 3.86. The molecule has 0 atom stereocenters. The van der Waals surface area contributed by atoms with Gasteiger partial charge in [-0.15, -0.1) is 0 Å². The van der Waals surface area contributed by atoms with Crippen molar-refractivity contribution in [1.82, 2.24) is 0 Å². The lowest BCUT2D eigenvalue weighted by molar-refractivity contribution is -0.117. The molecule has 0 bridgehead atoms. The second kappa shape index (κ2) is 5.83. The minimum Gasteiger partial charge on any atom is -0.508 e. The molecule has 1 heterocycles. The fourth-order valence-electron chi connectivity index (χ4n) is 2.58. The lowest BCUT2D eigenvalue weighted by Crippen LogP contribution is -2.29. The minimum absolute atomic E-state index is 0.00350. The van der Waals surface area contributed by atoms with Gasteiger partial charge in [-0.2, -0.15) is 0 Å². The Bertz CT molecular complexity index is 815. The molecule has 118 valence electrons. The molecule has 3 nitrogen and oxygen atoms in total. The predicted octanol–water partition coefficient (Wildman–Crippen LogP) is 4.11. The molecule has 5 heteroatoms. The van der Waals surface area contributed by atoms with E-state index in [0.717, 1.165) is 0 Å². The van der Waals surface area contributed by atoms with Gasteiger partial charge in [0, 0.05) is 12.0 Å². The molecule has 0 radical (unpaired) electrons. The minimum atomic E-state index is -0.501. The maximum atomic E-state index is 13.7. The second-order valence-corrected chi connectivity index (χ2v) is 5.52. The van der Waals surface area contributed by atoms with Gasteiger partial charge in [-0.1, -0.05) is 12.1 Å². The normalized spacial score (nSPS) is 14.3. The van der Waals surface area contributed by atoms with Crippen LogP contribution in [0.15, 0.2) is 42.5 Å². The van der Waals surface area contributed by atoms with Crippen LogP contribution < -0.4 is 4.90 Å². The van der Waals surface area contributed by atoms with Crippen LogP contribution in [-0.2, 0) is 11.3 Å². The fourth-order valence-corrected chi connectivity index (χ4v) is 2.58. The van der Waals surface area contributed by atoms with Gasteiger partial charge in [-0.05, 0) is 48.4 Å². The van der Waals surface area contributed by atoms with E-state index in [4.69, 9.17) is 0 Å². The predicted molar refractivity (Wildman–Crippen MR) is 83.9 cm³/mol. The van der Waals surface area contributed by atoms with E-state index >= 15 is 0 Å². The van der Waals surface area contributed by atoms with Crippen molar-refractivity contribution in [2.75, 3.05) is 4.90 Å². The lowest BCUT2D eigenvalue weighted by atomic mass is 10.1. The van der Waals surface area contributed by atoms with Crippen molar-refractivity contribution in [3.8, 4) is 0 Å². The molecular weight excluding hydrogens is 300 g/mol. The molecule has 0 fully saturated rings. The van der Waals surface area contributed by atoms with Crippen molar-refractivity contribution in [3.05, 3.63) is 70.8 Å². The third-order valence-electron chi connectivity index (χ3n) is 3.87. The topological polar surface area (TPSA) is 40.5 Å². The molecule has 1 amide bonds. The van der Waals surface area contributed by atoms with Crippen LogP contribution in [0, 0.1) is 18.6 Å². The van der Waals surface area contributed by atoms with Crippen molar-refractivity contribution >= 4 is 17.4 Å². The van der Waals surface area contributed by atoms with E-state index in [0.29, 0.717) is 16.8 Å². The highest BCUT2D eigenvalue weighted by Crippen LogP contribution is 2.31. The zero-order valence-corrected chi connectivity index (χ0v) is 12.5. The first-order valence-electron chi connectivity index (χ1n) is 7.20. The first-order valence-corrected chi connectivity index (χ1v) is 7.20. The summed E-state index contributed by atoms with van der Waals surface area (Å²) in [4.78, 5) is 13.8. The van der Waals surface area contributed by atoms with E-state index in [1.54, 1.807) is 19.1 Å². The molecule has 0 unspecified atom stereocenters. The highest BCUT2D eigenvalue weighted by atomic mass is 19.1. The van der Waals surface area contributed by atoms with Gasteiger partial charge in [0.15, 0.2) is 0 Å². The number of rotatable bonds is 2. The molecule has 0 aromatic heterocycles. The summed E-state index contributed by atoms with van der Waals surface area (Å²) in [5, 5.41) is 10.0. The Morgan fingerprint density at radius 3 is 2.70 bits per heavy atom. The first-order chi connectivity index (χ1) is 11.0. The van der Waals surface area contributed by atoms with E-state index in [2.05, 4.69) is 0 Å². The molecule has 0 saturated heterocycles. The molecule has 23 heavy (non-hydrogen) atoms. The summed E-state index contributed by atoms with van der Waals surface area (Å²) in [6.07, 6.45) is 1.35. The Morgan fingerprint density at radius 1 is 1.17 bits per heavy atom. The van der Waals surface area contributed by atoms with Gasteiger partial charge in [-0.3, -0.25) is 4.79 Å². The summed E-state index contributed by atoms with van der Waals surface area (Å²) in [5.74, 6) is -1.22. The van der Waals surface area contributed by atoms with Crippen LogP contribution in [0.1, 0.15) is 23.1 Å². The van der Waals surface area contributed by atoms with Gasteiger partial charge in [0.1, 0.15) is 17.4 Å². The van der Waals surface area contributed by atoms with Crippen molar-refractivity contribution in [3.63, 3.8) is 0 Å². The van der Waals surface area contributed by atoms with Gasteiger partial charge in [-0.25, -0.2) is 8.78 Å². The summed E-state index contributed by atoms with van der Waals surface area (Å²) in [6.45, 7) is 1.81. The molecule has 1 aliphatic rings. The van der Waals surface area contributed by atoms with E-state index in [-0.39, 0.29) is 36.0 Å². The summed E-state index contributed by atoms with van der Waals surface area (Å²) >= 11 is 0. The molecule has 2 aromatic rings. The monoisotopic (exact) mass is 315 g/mol. The number of anilines is 1. The number of halogens is 2. The number of aryl methyl sites for hydroxylation is 1. The Labute approximate surface area is 132 Å².